The highest BCUT2D eigenvalue weighted by atomic mass is 32.1. The third-order valence-electron chi connectivity index (χ3n) is 3.73. The van der Waals surface area contributed by atoms with Crippen LogP contribution in [0.5, 0.6) is 0 Å². The van der Waals surface area contributed by atoms with Crippen LogP contribution in [0, 0.1) is 6.92 Å². The molecule has 0 aromatic heterocycles. The minimum Gasteiger partial charge on any atom is -0.389 e. The fourth-order valence-corrected chi connectivity index (χ4v) is 2.75. The number of thiocarbonyl (C=S) groups is 1. The summed E-state index contributed by atoms with van der Waals surface area (Å²) in [6, 6.07) is 7.00. The molecule has 4 heteroatoms. The van der Waals surface area contributed by atoms with E-state index in [9.17, 15) is 0 Å². The van der Waals surface area contributed by atoms with Gasteiger partial charge in [0.2, 0.25) is 0 Å². The van der Waals surface area contributed by atoms with Crippen LogP contribution in [0.3, 0.4) is 0 Å². The van der Waals surface area contributed by atoms with Crippen molar-refractivity contribution in [2.45, 2.75) is 19.4 Å². The molecule has 0 aliphatic carbocycles. The summed E-state index contributed by atoms with van der Waals surface area (Å²) in [6.07, 6.45) is 1.23. The van der Waals surface area contributed by atoms with Gasteiger partial charge in [0.05, 0.1) is 0 Å². The number of hydrogen-bond donors (Lipinski definition) is 1. The van der Waals surface area contributed by atoms with Gasteiger partial charge in [0.15, 0.2) is 0 Å². The smallest absolute Gasteiger partial charge is 0.104 e. The van der Waals surface area contributed by atoms with Crippen molar-refractivity contribution in [2.24, 2.45) is 5.73 Å². The molecule has 1 saturated heterocycles. The van der Waals surface area contributed by atoms with Crippen LogP contribution in [0.4, 0.5) is 5.69 Å². The van der Waals surface area contributed by atoms with Crippen molar-refractivity contribution in [3.05, 3.63) is 29.3 Å². The maximum atomic E-state index is 5.69. The molecule has 1 atom stereocenters. The average Bonchev–Trinajstić information content (AvgIpc) is 2.77. The predicted octanol–water partition coefficient (Wildman–Crippen LogP) is 1.77. The number of benzene rings is 1. The molecule has 1 aliphatic heterocycles. The largest absolute Gasteiger partial charge is 0.389 e. The van der Waals surface area contributed by atoms with Gasteiger partial charge in [-0.15, -0.1) is 0 Å². The van der Waals surface area contributed by atoms with Crippen molar-refractivity contribution >= 4 is 22.9 Å². The van der Waals surface area contributed by atoms with Crippen molar-refractivity contribution < 1.29 is 0 Å². The number of aryl methyl sites for hydroxylation is 1. The summed E-state index contributed by atoms with van der Waals surface area (Å²) in [6.45, 7) is 4.28. The molecular formula is C14H21N3S. The summed E-state index contributed by atoms with van der Waals surface area (Å²) in [7, 11) is 4.30. The fourth-order valence-electron chi connectivity index (χ4n) is 2.52. The van der Waals surface area contributed by atoms with Gasteiger partial charge in [-0.1, -0.05) is 12.2 Å². The standard InChI is InChI=1S/C14H21N3S/c1-10-8-11(4-5-13(10)14(15)18)17-7-6-12(9-17)16(2)3/h4-5,8,12H,6-7,9H2,1-3H3,(H2,15,18). The Morgan fingerprint density at radius 1 is 1.44 bits per heavy atom. The lowest BCUT2D eigenvalue weighted by molar-refractivity contribution is 0.315. The fraction of sp³-hybridized carbons (Fsp3) is 0.500. The Hall–Kier alpha value is -1.13. The lowest BCUT2D eigenvalue weighted by Gasteiger charge is -2.22. The Kier molecular flexibility index (Phi) is 3.88. The van der Waals surface area contributed by atoms with Gasteiger partial charge in [0, 0.05) is 30.4 Å². The van der Waals surface area contributed by atoms with Crippen LogP contribution in [-0.4, -0.2) is 43.1 Å². The molecule has 0 radical (unpaired) electrons. The molecule has 0 bridgehead atoms. The van der Waals surface area contributed by atoms with Crippen molar-refractivity contribution in [1.82, 2.24) is 4.90 Å². The molecule has 0 amide bonds. The van der Waals surface area contributed by atoms with E-state index in [1.54, 1.807) is 0 Å². The van der Waals surface area contributed by atoms with Crippen LogP contribution in [0.25, 0.3) is 0 Å². The minimum atomic E-state index is 0.478. The van der Waals surface area contributed by atoms with Crippen LogP contribution in [0.2, 0.25) is 0 Å². The van der Waals surface area contributed by atoms with E-state index in [0.29, 0.717) is 11.0 Å². The Bertz CT molecular complexity index is 456. The molecule has 1 heterocycles. The summed E-state index contributed by atoms with van der Waals surface area (Å²) in [5, 5.41) is 0. The molecule has 1 aromatic rings. The Balaban J connectivity index is 2.16. The summed E-state index contributed by atoms with van der Waals surface area (Å²) in [5.41, 5.74) is 9.11. The zero-order chi connectivity index (χ0) is 13.3. The average molecular weight is 263 g/mol. The summed E-state index contributed by atoms with van der Waals surface area (Å²) in [5.74, 6) is 0. The van der Waals surface area contributed by atoms with Gasteiger partial charge < -0.3 is 15.5 Å². The van der Waals surface area contributed by atoms with Gasteiger partial charge in [-0.2, -0.15) is 0 Å². The van der Waals surface area contributed by atoms with Gasteiger partial charge in [-0.3, -0.25) is 0 Å². The lowest BCUT2D eigenvalue weighted by atomic mass is 10.1. The first-order valence-corrected chi connectivity index (χ1v) is 6.71. The van der Waals surface area contributed by atoms with Crippen LogP contribution in [0.15, 0.2) is 18.2 Å². The third-order valence-corrected chi connectivity index (χ3v) is 3.95. The summed E-state index contributed by atoms with van der Waals surface area (Å²) >= 11 is 5.04. The van der Waals surface area contributed by atoms with Gasteiger partial charge in [-0.05, 0) is 51.2 Å². The summed E-state index contributed by atoms with van der Waals surface area (Å²) < 4.78 is 0. The molecule has 98 valence electrons. The first-order chi connectivity index (χ1) is 8.49. The van der Waals surface area contributed by atoms with E-state index >= 15 is 0 Å². The number of nitrogens with zero attached hydrogens (tertiary/aromatic N) is 2. The van der Waals surface area contributed by atoms with E-state index in [1.807, 2.05) is 6.07 Å². The Morgan fingerprint density at radius 2 is 2.17 bits per heavy atom. The molecule has 3 nitrogen and oxygen atoms in total. The number of likely N-dealkylation sites (N-methyl/N-ethyl adjacent to an activating group) is 1. The second-order valence-electron chi connectivity index (χ2n) is 5.22. The zero-order valence-electron chi connectivity index (χ0n) is 11.3. The molecule has 2 N–H and O–H groups in total. The first kappa shape index (κ1) is 13.3. The maximum absolute atomic E-state index is 5.69. The minimum absolute atomic E-state index is 0.478. The molecule has 18 heavy (non-hydrogen) atoms. The zero-order valence-corrected chi connectivity index (χ0v) is 12.1. The second kappa shape index (κ2) is 5.24. The maximum Gasteiger partial charge on any atom is 0.104 e. The highest BCUT2D eigenvalue weighted by Gasteiger charge is 2.24. The topological polar surface area (TPSA) is 32.5 Å². The Labute approximate surface area is 115 Å². The predicted molar refractivity (Wildman–Crippen MR) is 81.4 cm³/mol. The van der Waals surface area contributed by atoms with E-state index < -0.39 is 0 Å². The molecule has 1 aromatic carbocycles. The number of rotatable bonds is 3. The van der Waals surface area contributed by atoms with Gasteiger partial charge in [0.1, 0.15) is 4.99 Å². The quantitative estimate of drug-likeness (QED) is 0.843. The van der Waals surface area contributed by atoms with Gasteiger partial charge in [0.25, 0.3) is 0 Å². The SMILES string of the molecule is Cc1cc(N2CCC(N(C)C)C2)ccc1C(N)=S. The molecule has 1 fully saturated rings. The van der Waals surface area contributed by atoms with Crippen LogP contribution >= 0.6 is 12.2 Å². The molecule has 1 unspecified atom stereocenters. The van der Waals surface area contributed by atoms with Crippen molar-refractivity contribution in [1.29, 1.82) is 0 Å². The highest BCUT2D eigenvalue weighted by Crippen LogP contribution is 2.24. The van der Waals surface area contributed by atoms with E-state index in [-0.39, 0.29) is 0 Å². The van der Waals surface area contributed by atoms with E-state index in [0.717, 1.165) is 24.2 Å². The van der Waals surface area contributed by atoms with Crippen molar-refractivity contribution in [3.63, 3.8) is 0 Å². The van der Waals surface area contributed by atoms with E-state index in [2.05, 4.69) is 43.0 Å². The molecule has 0 spiro atoms. The lowest BCUT2D eigenvalue weighted by Crippen LogP contribution is -2.31. The molecule has 1 aliphatic rings. The monoisotopic (exact) mass is 263 g/mol. The molecular weight excluding hydrogens is 242 g/mol. The number of nitrogens with two attached hydrogens (primary N) is 1. The van der Waals surface area contributed by atoms with E-state index in [4.69, 9.17) is 18.0 Å². The molecule has 2 rings (SSSR count). The highest BCUT2D eigenvalue weighted by molar-refractivity contribution is 7.80. The summed E-state index contributed by atoms with van der Waals surface area (Å²) in [4.78, 5) is 5.21. The second-order valence-corrected chi connectivity index (χ2v) is 5.66. The van der Waals surface area contributed by atoms with Crippen LogP contribution in [-0.2, 0) is 0 Å². The normalized spacial score (nSPS) is 19.6. The van der Waals surface area contributed by atoms with Crippen molar-refractivity contribution in [3.8, 4) is 0 Å². The van der Waals surface area contributed by atoms with Gasteiger partial charge >= 0.3 is 0 Å². The third kappa shape index (κ3) is 2.65. The number of anilines is 1. The van der Waals surface area contributed by atoms with Crippen LogP contribution < -0.4 is 10.6 Å². The number of hydrogen-bond acceptors (Lipinski definition) is 3. The van der Waals surface area contributed by atoms with E-state index in [1.165, 1.54) is 12.1 Å². The Morgan fingerprint density at radius 3 is 2.67 bits per heavy atom. The van der Waals surface area contributed by atoms with Gasteiger partial charge in [-0.25, -0.2) is 0 Å². The molecule has 0 saturated carbocycles. The first-order valence-electron chi connectivity index (χ1n) is 6.31. The van der Waals surface area contributed by atoms with Crippen molar-refractivity contribution in [2.75, 3.05) is 32.1 Å². The van der Waals surface area contributed by atoms with Crippen LogP contribution in [0.1, 0.15) is 17.5 Å².